The van der Waals surface area contributed by atoms with Gasteiger partial charge in [-0.25, -0.2) is 4.90 Å². The van der Waals surface area contributed by atoms with E-state index in [2.05, 4.69) is 22.6 Å². The fourth-order valence-corrected chi connectivity index (χ4v) is 6.05. The Morgan fingerprint density at radius 1 is 0.861 bits per heavy atom. The predicted octanol–water partition coefficient (Wildman–Crippen LogP) is 3.89. The van der Waals surface area contributed by atoms with E-state index in [1.807, 2.05) is 6.07 Å². The third-order valence-corrected chi connectivity index (χ3v) is 7.69. The molecule has 0 unspecified atom stereocenters. The number of non-ortho nitro benzene ring substituents is 1. The Morgan fingerprint density at radius 3 is 2.08 bits per heavy atom. The Bertz CT molecular complexity index is 1480. The van der Waals surface area contributed by atoms with Crippen LogP contribution in [0.5, 0.6) is 0 Å². The molecule has 2 heterocycles. The number of nitro benzene ring substituents is 1. The molecule has 0 aromatic heterocycles. The van der Waals surface area contributed by atoms with Crippen molar-refractivity contribution in [3.05, 3.63) is 103 Å². The first kappa shape index (κ1) is 22.7. The summed E-state index contributed by atoms with van der Waals surface area (Å²) in [4.78, 5) is 66.5. The number of hydrogen-bond acceptors (Lipinski definition) is 7. The van der Waals surface area contributed by atoms with Gasteiger partial charge >= 0.3 is 0 Å². The van der Waals surface area contributed by atoms with Crippen LogP contribution in [-0.4, -0.2) is 33.9 Å². The third kappa shape index (κ3) is 2.91. The maximum absolute atomic E-state index is 13.8. The topological polar surface area (TPSA) is 124 Å². The minimum absolute atomic E-state index is 0.122. The highest BCUT2D eigenvalue weighted by Crippen LogP contribution is 2.57. The number of fused-ring (bicyclic) bond motifs is 3. The third-order valence-electron chi connectivity index (χ3n) is 7.01. The van der Waals surface area contributed by atoms with Gasteiger partial charge in [-0.05, 0) is 52.4 Å². The second kappa shape index (κ2) is 7.87. The predicted molar refractivity (Wildman–Crippen MR) is 133 cm³/mol. The van der Waals surface area contributed by atoms with Crippen molar-refractivity contribution in [1.82, 2.24) is 0 Å². The van der Waals surface area contributed by atoms with Gasteiger partial charge in [0.2, 0.25) is 29.0 Å². The molecule has 2 fully saturated rings. The number of ketones is 2. The summed E-state index contributed by atoms with van der Waals surface area (Å²) in [6, 6.07) is 18.4. The maximum atomic E-state index is 13.8. The van der Waals surface area contributed by atoms with Crippen LogP contribution in [0.15, 0.2) is 72.8 Å². The van der Waals surface area contributed by atoms with Crippen LogP contribution in [0.1, 0.15) is 32.4 Å². The van der Waals surface area contributed by atoms with Crippen molar-refractivity contribution < 1.29 is 28.8 Å². The number of carbonyl (C=O) groups is 4. The molecular weight excluding hydrogens is 579 g/mol. The summed E-state index contributed by atoms with van der Waals surface area (Å²) >= 11 is 2.10. The second-order valence-electron chi connectivity index (χ2n) is 8.82. The number of Topliss-reactive ketones (excluding diaryl/α,β-unsaturated/α-hetero) is 2. The number of imide groups is 1. The van der Waals surface area contributed by atoms with E-state index in [1.54, 1.807) is 30.3 Å². The van der Waals surface area contributed by atoms with Gasteiger partial charge in [0.25, 0.3) is 5.69 Å². The standard InChI is InChI=1S/C26H15IN2O7/c27-14-5-3-4-13(12-14)21-19-20(26(36-21)22(30)17-6-1-2-7-18(17)23(26)31)25(33)28(24(19)32)15-8-10-16(11-9-15)29(34)35/h1-12,19-21H/t19-,20+,21+/m0/s1. The maximum Gasteiger partial charge on any atom is 0.269 e. The summed E-state index contributed by atoms with van der Waals surface area (Å²) < 4.78 is 7.09. The molecule has 9 nitrogen and oxygen atoms in total. The van der Waals surface area contributed by atoms with Gasteiger partial charge in [-0.3, -0.25) is 29.3 Å². The molecule has 1 aliphatic carbocycles. The summed E-state index contributed by atoms with van der Waals surface area (Å²) in [5, 5.41) is 11.1. The van der Waals surface area contributed by atoms with Gasteiger partial charge < -0.3 is 4.74 Å². The smallest absolute Gasteiger partial charge is 0.269 e. The minimum Gasteiger partial charge on any atom is -0.349 e. The van der Waals surface area contributed by atoms with E-state index in [1.165, 1.54) is 36.4 Å². The quantitative estimate of drug-likeness (QED) is 0.148. The molecule has 3 aromatic rings. The molecule has 0 saturated carbocycles. The number of amides is 2. The summed E-state index contributed by atoms with van der Waals surface area (Å²) in [5.41, 5.74) is -1.37. The lowest BCUT2D eigenvalue weighted by molar-refractivity contribution is -0.384. The molecule has 2 saturated heterocycles. The highest BCUT2D eigenvalue weighted by Gasteiger charge is 2.74. The highest BCUT2D eigenvalue weighted by molar-refractivity contribution is 14.1. The molecular formula is C26H15IN2O7. The average Bonchev–Trinajstić information content (AvgIpc) is 3.44. The molecule has 3 atom stereocenters. The van der Waals surface area contributed by atoms with Gasteiger partial charge in [0.1, 0.15) is 0 Å². The Kier molecular flexibility index (Phi) is 4.96. The fraction of sp³-hybridized carbons (Fsp3) is 0.154. The van der Waals surface area contributed by atoms with Crippen LogP contribution in [0.3, 0.4) is 0 Å². The summed E-state index contributed by atoms with van der Waals surface area (Å²) in [5.74, 6) is -5.17. The number of ether oxygens (including phenoxy) is 1. The molecule has 0 bridgehead atoms. The van der Waals surface area contributed by atoms with Gasteiger partial charge in [0, 0.05) is 26.8 Å². The fourth-order valence-electron chi connectivity index (χ4n) is 5.48. The summed E-state index contributed by atoms with van der Waals surface area (Å²) in [6.45, 7) is 0. The first-order valence-electron chi connectivity index (χ1n) is 11.0. The van der Waals surface area contributed by atoms with Crippen molar-refractivity contribution in [3.63, 3.8) is 0 Å². The number of halogens is 1. The van der Waals surface area contributed by atoms with Crippen LogP contribution >= 0.6 is 22.6 Å². The van der Waals surface area contributed by atoms with Crippen molar-refractivity contribution in [1.29, 1.82) is 0 Å². The number of nitrogens with zero attached hydrogens (tertiary/aromatic N) is 2. The zero-order valence-electron chi connectivity index (χ0n) is 18.3. The van der Waals surface area contributed by atoms with E-state index in [4.69, 9.17) is 4.74 Å². The molecule has 3 aliphatic rings. The van der Waals surface area contributed by atoms with Crippen molar-refractivity contribution in [2.45, 2.75) is 11.7 Å². The minimum atomic E-state index is -2.16. The van der Waals surface area contributed by atoms with Gasteiger partial charge in [-0.15, -0.1) is 0 Å². The highest BCUT2D eigenvalue weighted by atomic mass is 127. The molecule has 0 N–H and O–H groups in total. The lowest BCUT2D eigenvalue weighted by Gasteiger charge is -2.27. The van der Waals surface area contributed by atoms with E-state index in [0.29, 0.717) is 5.56 Å². The monoisotopic (exact) mass is 594 g/mol. The van der Waals surface area contributed by atoms with Gasteiger partial charge in [-0.1, -0.05) is 36.4 Å². The number of anilines is 1. The second-order valence-corrected chi connectivity index (χ2v) is 10.1. The molecule has 0 radical (unpaired) electrons. The number of benzene rings is 3. The van der Waals surface area contributed by atoms with E-state index in [0.717, 1.165) is 8.47 Å². The van der Waals surface area contributed by atoms with E-state index >= 15 is 0 Å². The normalized spacial score (nSPS) is 23.9. The van der Waals surface area contributed by atoms with Gasteiger partial charge in [0.05, 0.1) is 28.6 Å². The summed E-state index contributed by atoms with van der Waals surface area (Å²) in [7, 11) is 0. The summed E-state index contributed by atoms with van der Waals surface area (Å²) in [6.07, 6.45) is -1.02. The van der Waals surface area contributed by atoms with E-state index in [-0.39, 0.29) is 22.5 Å². The molecule has 3 aromatic carbocycles. The van der Waals surface area contributed by atoms with Crippen LogP contribution in [0.4, 0.5) is 11.4 Å². The van der Waals surface area contributed by atoms with Crippen LogP contribution in [-0.2, 0) is 14.3 Å². The Morgan fingerprint density at radius 2 is 1.50 bits per heavy atom. The lowest BCUT2D eigenvalue weighted by atomic mass is 9.77. The number of nitro groups is 1. The molecule has 36 heavy (non-hydrogen) atoms. The zero-order chi connectivity index (χ0) is 25.4. The van der Waals surface area contributed by atoms with E-state index in [9.17, 15) is 29.3 Å². The Balaban J connectivity index is 1.52. The van der Waals surface area contributed by atoms with Crippen LogP contribution < -0.4 is 4.90 Å². The van der Waals surface area contributed by atoms with Crippen LogP contribution in [0.25, 0.3) is 0 Å². The van der Waals surface area contributed by atoms with Crippen molar-refractivity contribution >= 4 is 57.3 Å². The van der Waals surface area contributed by atoms with Crippen molar-refractivity contribution in [2.24, 2.45) is 11.8 Å². The molecule has 2 amide bonds. The zero-order valence-corrected chi connectivity index (χ0v) is 20.4. The van der Waals surface area contributed by atoms with Crippen molar-refractivity contribution in [3.8, 4) is 0 Å². The first-order valence-corrected chi connectivity index (χ1v) is 12.1. The average molecular weight is 594 g/mol. The van der Waals surface area contributed by atoms with Crippen LogP contribution in [0.2, 0.25) is 0 Å². The number of carbonyl (C=O) groups excluding carboxylic acids is 4. The Labute approximate surface area is 217 Å². The lowest BCUT2D eigenvalue weighted by Crippen LogP contribution is -2.51. The van der Waals surface area contributed by atoms with Crippen LogP contribution in [0, 0.1) is 25.5 Å². The van der Waals surface area contributed by atoms with Gasteiger partial charge in [-0.2, -0.15) is 0 Å². The van der Waals surface area contributed by atoms with Crippen molar-refractivity contribution in [2.75, 3.05) is 4.90 Å². The van der Waals surface area contributed by atoms with Gasteiger partial charge in [0.15, 0.2) is 0 Å². The molecule has 10 heteroatoms. The molecule has 1 spiro atoms. The molecule has 178 valence electrons. The van der Waals surface area contributed by atoms with E-state index < -0.39 is 51.8 Å². The SMILES string of the molecule is O=C1[C@@H]2[C@@H](c3cccc(I)c3)OC3(C(=O)c4ccccc4C3=O)[C@H]2C(=O)N1c1ccc([N+](=O)[O-])cc1. The first-order chi connectivity index (χ1) is 17.3. The molecule has 2 aliphatic heterocycles. The number of rotatable bonds is 3. The Hall–Kier alpha value is -3.77. The number of hydrogen-bond donors (Lipinski definition) is 0. The molecule has 6 rings (SSSR count). The largest absolute Gasteiger partial charge is 0.349 e.